The number of nitrogens with zero attached hydrogens (tertiary/aromatic N) is 3. The average Bonchev–Trinajstić information content (AvgIpc) is 2.97. The Bertz CT molecular complexity index is 937. The number of aromatic nitrogens is 3. The molecule has 0 fully saturated rings. The molecule has 0 atom stereocenters. The van der Waals surface area contributed by atoms with Crippen LogP contribution in [0.25, 0.3) is 0 Å². The van der Waals surface area contributed by atoms with Crippen LogP contribution >= 0.6 is 34.8 Å². The number of hydrogen-bond donors (Lipinski definition) is 2. The van der Waals surface area contributed by atoms with Gasteiger partial charge in [-0.05, 0) is 29.8 Å². The molecule has 7 nitrogen and oxygen atoms in total. The highest BCUT2D eigenvalue weighted by Crippen LogP contribution is 2.25. The molecule has 1 heterocycles. The maximum atomic E-state index is 11.0. The van der Waals surface area contributed by atoms with Gasteiger partial charge in [-0.1, -0.05) is 58.2 Å². The SMILES string of the molecule is Clc1ccccc1.NC(=O)c1nnn(Cc2cc(Cl)c(C=O)c(Cl)c2)c1N. The quantitative estimate of drug-likeness (QED) is 0.619. The summed E-state index contributed by atoms with van der Waals surface area (Å²) in [7, 11) is 0. The van der Waals surface area contributed by atoms with Gasteiger partial charge in [-0.15, -0.1) is 5.10 Å². The van der Waals surface area contributed by atoms with Crippen molar-refractivity contribution in [3.63, 3.8) is 0 Å². The Morgan fingerprint density at radius 1 is 1.11 bits per heavy atom. The normalized spacial score (nSPS) is 10.0. The van der Waals surface area contributed by atoms with E-state index < -0.39 is 5.91 Å². The molecule has 0 radical (unpaired) electrons. The zero-order chi connectivity index (χ0) is 20.0. The molecule has 0 spiro atoms. The summed E-state index contributed by atoms with van der Waals surface area (Å²) in [6.07, 6.45) is 0.573. The van der Waals surface area contributed by atoms with Gasteiger partial charge in [0.15, 0.2) is 17.8 Å². The largest absolute Gasteiger partial charge is 0.382 e. The van der Waals surface area contributed by atoms with Crippen molar-refractivity contribution in [1.29, 1.82) is 0 Å². The lowest BCUT2D eigenvalue weighted by Crippen LogP contribution is -2.15. The smallest absolute Gasteiger partial charge is 0.273 e. The lowest BCUT2D eigenvalue weighted by atomic mass is 10.1. The summed E-state index contributed by atoms with van der Waals surface area (Å²) in [6, 6.07) is 12.6. The van der Waals surface area contributed by atoms with Crippen LogP contribution in [0.15, 0.2) is 42.5 Å². The number of benzene rings is 2. The molecular weight excluding hydrogens is 413 g/mol. The van der Waals surface area contributed by atoms with Gasteiger partial charge in [-0.3, -0.25) is 9.59 Å². The molecule has 140 valence electrons. The fourth-order valence-electron chi connectivity index (χ4n) is 2.04. The third kappa shape index (κ3) is 5.43. The second kappa shape index (κ2) is 9.36. The maximum Gasteiger partial charge on any atom is 0.273 e. The van der Waals surface area contributed by atoms with Crippen molar-refractivity contribution in [2.75, 3.05) is 5.73 Å². The van der Waals surface area contributed by atoms with Crippen molar-refractivity contribution in [2.45, 2.75) is 6.54 Å². The highest BCUT2D eigenvalue weighted by molar-refractivity contribution is 6.38. The Balaban J connectivity index is 0.000000313. The number of carbonyl (C=O) groups excluding carboxylic acids is 2. The molecule has 10 heteroatoms. The number of hydrogen-bond acceptors (Lipinski definition) is 5. The third-order valence-electron chi connectivity index (χ3n) is 3.33. The van der Waals surface area contributed by atoms with Crippen LogP contribution in [-0.2, 0) is 6.54 Å². The number of amides is 1. The predicted molar refractivity (Wildman–Crippen MR) is 105 cm³/mol. The van der Waals surface area contributed by atoms with Crippen LogP contribution in [0.2, 0.25) is 15.1 Å². The van der Waals surface area contributed by atoms with E-state index in [2.05, 4.69) is 10.3 Å². The van der Waals surface area contributed by atoms with Crippen molar-refractivity contribution >= 4 is 52.8 Å². The Labute approximate surface area is 169 Å². The molecule has 3 rings (SSSR count). The number of anilines is 1. The fraction of sp³-hybridized carbons (Fsp3) is 0.0588. The standard InChI is InChI=1S/C11H9Cl2N5O2.C6H5Cl/c12-7-1-5(2-8(13)6(7)4-19)3-18-10(14)9(11(15)20)16-17-18;7-6-4-2-1-3-5-6/h1-2,4H,3,14H2,(H2,15,20);1-5H. The van der Waals surface area contributed by atoms with Crippen LogP contribution in [0, 0.1) is 0 Å². The van der Waals surface area contributed by atoms with Gasteiger partial charge in [-0.25, -0.2) is 4.68 Å². The van der Waals surface area contributed by atoms with Gasteiger partial charge >= 0.3 is 0 Å². The summed E-state index contributed by atoms with van der Waals surface area (Å²) in [5.74, 6) is -0.717. The van der Waals surface area contributed by atoms with Crippen LogP contribution in [0.3, 0.4) is 0 Å². The molecule has 1 amide bonds. The van der Waals surface area contributed by atoms with E-state index >= 15 is 0 Å². The maximum absolute atomic E-state index is 11.0. The molecule has 1 aromatic heterocycles. The number of nitrogen functional groups attached to an aromatic ring is 1. The topological polar surface area (TPSA) is 117 Å². The Morgan fingerprint density at radius 2 is 1.70 bits per heavy atom. The number of primary amides is 1. The first kappa shape index (κ1) is 20.7. The van der Waals surface area contributed by atoms with E-state index in [9.17, 15) is 9.59 Å². The van der Waals surface area contributed by atoms with E-state index in [1.54, 1.807) is 12.1 Å². The van der Waals surface area contributed by atoms with E-state index in [1.165, 1.54) is 4.68 Å². The molecule has 0 aliphatic rings. The lowest BCUT2D eigenvalue weighted by molar-refractivity contribution is 0.0996. The molecule has 27 heavy (non-hydrogen) atoms. The van der Waals surface area contributed by atoms with Crippen molar-refractivity contribution in [3.05, 3.63) is 74.4 Å². The minimum Gasteiger partial charge on any atom is -0.382 e. The van der Waals surface area contributed by atoms with Crippen molar-refractivity contribution in [3.8, 4) is 0 Å². The zero-order valence-electron chi connectivity index (χ0n) is 13.8. The first-order chi connectivity index (χ1) is 12.8. The molecule has 0 aliphatic heterocycles. The van der Waals surface area contributed by atoms with Gasteiger partial charge in [0, 0.05) is 5.02 Å². The van der Waals surface area contributed by atoms with Gasteiger partial charge in [-0.2, -0.15) is 0 Å². The first-order valence-electron chi connectivity index (χ1n) is 7.46. The molecule has 0 saturated heterocycles. The highest BCUT2D eigenvalue weighted by atomic mass is 35.5. The number of nitrogens with two attached hydrogens (primary N) is 2. The Hall–Kier alpha value is -2.61. The van der Waals surface area contributed by atoms with E-state index in [4.69, 9.17) is 46.3 Å². The molecule has 0 bridgehead atoms. The van der Waals surface area contributed by atoms with Gasteiger partial charge in [0.05, 0.1) is 22.2 Å². The van der Waals surface area contributed by atoms with Crippen LogP contribution in [0.1, 0.15) is 26.4 Å². The molecule has 0 saturated carbocycles. The summed E-state index contributed by atoms with van der Waals surface area (Å²) in [5, 5.41) is 8.53. The summed E-state index contributed by atoms with van der Waals surface area (Å²) in [4.78, 5) is 21.8. The molecule has 2 aromatic carbocycles. The van der Waals surface area contributed by atoms with Crippen LogP contribution < -0.4 is 11.5 Å². The van der Waals surface area contributed by atoms with Gasteiger partial charge in [0.2, 0.25) is 0 Å². The number of rotatable bonds is 4. The van der Waals surface area contributed by atoms with Crippen LogP contribution in [0.5, 0.6) is 0 Å². The lowest BCUT2D eigenvalue weighted by Gasteiger charge is -2.07. The molecule has 0 unspecified atom stereocenters. The van der Waals surface area contributed by atoms with Crippen molar-refractivity contribution in [1.82, 2.24) is 15.0 Å². The van der Waals surface area contributed by atoms with E-state index in [0.29, 0.717) is 11.8 Å². The zero-order valence-corrected chi connectivity index (χ0v) is 16.0. The fourth-order valence-corrected chi connectivity index (χ4v) is 2.81. The van der Waals surface area contributed by atoms with Gasteiger partial charge in [0.25, 0.3) is 5.91 Å². The number of carbonyl (C=O) groups is 2. The minimum absolute atomic E-state index is 0.0456. The molecular formula is C17H14Cl3N5O2. The predicted octanol–water partition coefficient (Wildman–Crippen LogP) is 3.47. The monoisotopic (exact) mass is 425 g/mol. The van der Waals surface area contributed by atoms with Crippen molar-refractivity contribution < 1.29 is 9.59 Å². The molecule has 4 N–H and O–H groups in total. The Morgan fingerprint density at radius 3 is 2.11 bits per heavy atom. The van der Waals surface area contributed by atoms with E-state index in [1.807, 2.05) is 30.3 Å². The summed E-state index contributed by atoms with van der Waals surface area (Å²) in [6.45, 7) is 0.185. The van der Waals surface area contributed by atoms with Crippen molar-refractivity contribution in [2.24, 2.45) is 5.73 Å². The summed E-state index contributed by atoms with van der Waals surface area (Å²) >= 11 is 17.4. The van der Waals surface area contributed by atoms with Gasteiger partial charge < -0.3 is 11.5 Å². The number of aldehydes is 1. The first-order valence-corrected chi connectivity index (χ1v) is 8.59. The summed E-state index contributed by atoms with van der Waals surface area (Å²) in [5.41, 5.74) is 11.5. The molecule has 3 aromatic rings. The average molecular weight is 427 g/mol. The number of halogens is 3. The van der Waals surface area contributed by atoms with Crippen LogP contribution in [-0.4, -0.2) is 27.2 Å². The molecule has 0 aliphatic carbocycles. The van der Waals surface area contributed by atoms with E-state index in [0.717, 1.165) is 5.02 Å². The minimum atomic E-state index is -0.763. The highest BCUT2D eigenvalue weighted by Gasteiger charge is 2.15. The third-order valence-corrected chi connectivity index (χ3v) is 4.21. The second-order valence-electron chi connectivity index (χ2n) is 5.23. The summed E-state index contributed by atoms with van der Waals surface area (Å²) < 4.78 is 1.28. The van der Waals surface area contributed by atoms with E-state index in [-0.39, 0.29) is 33.7 Å². The van der Waals surface area contributed by atoms with Crippen LogP contribution in [0.4, 0.5) is 5.82 Å². The van der Waals surface area contributed by atoms with Gasteiger partial charge in [0.1, 0.15) is 0 Å². The second-order valence-corrected chi connectivity index (χ2v) is 6.48. The Kier molecular flexibility index (Phi) is 7.18.